The monoisotopic (exact) mass is 175 g/mol. The zero-order chi connectivity index (χ0) is 8.32. The summed E-state index contributed by atoms with van der Waals surface area (Å²) < 4.78 is 23.2. The van der Waals surface area contributed by atoms with Crippen molar-refractivity contribution in [2.75, 3.05) is 5.75 Å². The second kappa shape index (κ2) is 3.00. The maximum Gasteiger partial charge on any atom is 0.255 e. The molecule has 5 nitrogen and oxygen atoms in total. The Labute approximate surface area is 65.1 Å². The van der Waals surface area contributed by atoms with Gasteiger partial charge in [-0.25, -0.2) is 13.4 Å². The summed E-state index contributed by atoms with van der Waals surface area (Å²) in [4.78, 5) is 3.54. The van der Waals surface area contributed by atoms with Gasteiger partial charge in [0.1, 0.15) is 12.7 Å². The quantitative estimate of drug-likeness (QED) is 0.641. The van der Waals surface area contributed by atoms with E-state index in [2.05, 4.69) is 10.1 Å². The fraction of sp³-hybridized carbons (Fsp3) is 0.600. The van der Waals surface area contributed by atoms with Gasteiger partial charge in [0.05, 0.1) is 5.75 Å². The van der Waals surface area contributed by atoms with Crippen LogP contribution in [0.25, 0.3) is 0 Å². The smallest absolute Gasteiger partial charge is 0.222 e. The highest BCUT2D eigenvalue weighted by Gasteiger charge is 2.10. The van der Waals surface area contributed by atoms with Crippen LogP contribution >= 0.6 is 0 Å². The lowest BCUT2D eigenvalue weighted by molar-refractivity contribution is 0.578. The van der Waals surface area contributed by atoms with Gasteiger partial charge in [0.15, 0.2) is 0 Å². The fourth-order valence-corrected chi connectivity index (χ4v) is 1.78. The molecule has 62 valence electrons. The molecule has 0 aliphatic heterocycles. The molecule has 0 atom stereocenters. The van der Waals surface area contributed by atoms with Crippen molar-refractivity contribution in [3.05, 3.63) is 12.7 Å². The van der Waals surface area contributed by atoms with Gasteiger partial charge in [-0.3, -0.25) is 0 Å². The van der Waals surface area contributed by atoms with Crippen LogP contribution in [0.2, 0.25) is 0 Å². The van der Waals surface area contributed by atoms with Crippen LogP contribution in [0, 0.1) is 0 Å². The van der Waals surface area contributed by atoms with Crippen LogP contribution in [0.5, 0.6) is 0 Å². The van der Waals surface area contributed by atoms with E-state index < -0.39 is 10.0 Å². The molecule has 0 amide bonds. The molecule has 0 aliphatic rings. The Hall–Kier alpha value is -0.910. The van der Waals surface area contributed by atoms with Crippen LogP contribution in [-0.2, 0) is 10.0 Å². The van der Waals surface area contributed by atoms with E-state index in [9.17, 15) is 8.42 Å². The largest absolute Gasteiger partial charge is 0.255 e. The number of rotatable bonds is 3. The molecular formula is C5H9N3O2S. The summed E-state index contributed by atoms with van der Waals surface area (Å²) in [5, 5.41) is 3.52. The first kappa shape index (κ1) is 8.19. The summed E-state index contributed by atoms with van der Waals surface area (Å²) in [7, 11) is -3.22. The number of hydrogen-bond donors (Lipinski definition) is 0. The molecule has 0 unspecified atom stereocenters. The van der Waals surface area contributed by atoms with Gasteiger partial charge in [0.2, 0.25) is 0 Å². The van der Waals surface area contributed by atoms with Crippen molar-refractivity contribution in [1.82, 2.24) is 14.2 Å². The summed E-state index contributed by atoms with van der Waals surface area (Å²) in [6, 6.07) is 0. The SMILES string of the molecule is CCCS(=O)(=O)n1cncn1. The van der Waals surface area contributed by atoms with Crippen molar-refractivity contribution >= 4 is 10.0 Å². The Balaban J connectivity index is 2.92. The molecule has 0 aromatic carbocycles. The summed E-state index contributed by atoms with van der Waals surface area (Å²) in [6.07, 6.45) is 2.97. The molecule has 6 heteroatoms. The third kappa shape index (κ3) is 1.76. The van der Waals surface area contributed by atoms with Gasteiger partial charge < -0.3 is 0 Å². The van der Waals surface area contributed by atoms with E-state index >= 15 is 0 Å². The van der Waals surface area contributed by atoms with Crippen LogP contribution in [0.3, 0.4) is 0 Å². The normalized spacial score (nSPS) is 11.7. The fourth-order valence-electron chi connectivity index (χ4n) is 0.692. The molecule has 0 saturated carbocycles. The zero-order valence-electron chi connectivity index (χ0n) is 6.14. The Kier molecular flexibility index (Phi) is 2.23. The minimum Gasteiger partial charge on any atom is -0.222 e. The first-order chi connectivity index (χ1) is 5.17. The summed E-state index contributed by atoms with van der Waals surface area (Å²) >= 11 is 0. The third-order valence-electron chi connectivity index (χ3n) is 1.14. The predicted octanol–water partition coefficient (Wildman–Crippen LogP) is -0.134. The van der Waals surface area contributed by atoms with Gasteiger partial charge in [-0.2, -0.15) is 0 Å². The Morgan fingerprint density at radius 2 is 2.27 bits per heavy atom. The van der Waals surface area contributed by atoms with Crippen LogP contribution in [0.15, 0.2) is 12.7 Å². The van der Waals surface area contributed by atoms with E-state index in [1.807, 2.05) is 0 Å². The molecule has 0 aliphatic carbocycles. The number of aromatic nitrogens is 3. The second-order valence-corrected chi connectivity index (χ2v) is 4.03. The molecule has 0 spiro atoms. The van der Waals surface area contributed by atoms with Crippen LogP contribution in [0.1, 0.15) is 13.3 Å². The van der Waals surface area contributed by atoms with Crippen molar-refractivity contribution in [3.63, 3.8) is 0 Å². The van der Waals surface area contributed by atoms with Gasteiger partial charge in [-0.05, 0) is 6.42 Å². The zero-order valence-corrected chi connectivity index (χ0v) is 6.95. The van der Waals surface area contributed by atoms with E-state index in [1.165, 1.54) is 12.7 Å². The second-order valence-electron chi connectivity index (χ2n) is 2.08. The molecular weight excluding hydrogens is 166 g/mol. The first-order valence-electron chi connectivity index (χ1n) is 3.24. The minimum absolute atomic E-state index is 0.107. The van der Waals surface area contributed by atoms with E-state index in [-0.39, 0.29) is 5.75 Å². The van der Waals surface area contributed by atoms with Crippen LogP contribution < -0.4 is 0 Å². The maximum absolute atomic E-state index is 11.2. The molecule has 1 aromatic heterocycles. The molecule has 0 N–H and O–H groups in total. The average Bonchev–Trinajstić information content (AvgIpc) is 2.37. The van der Waals surface area contributed by atoms with Crippen LogP contribution in [-0.4, -0.2) is 28.3 Å². The molecule has 0 bridgehead atoms. The third-order valence-corrected chi connectivity index (χ3v) is 2.83. The minimum atomic E-state index is -3.22. The molecule has 1 heterocycles. The lowest BCUT2D eigenvalue weighted by Gasteiger charge is -1.98. The van der Waals surface area contributed by atoms with Crippen molar-refractivity contribution in [2.24, 2.45) is 0 Å². The molecule has 11 heavy (non-hydrogen) atoms. The van der Waals surface area contributed by atoms with E-state index in [0.29, 0.717) is 6.42 Å². The highest BCUT2D eigenvalue weighted by Crippen LogP contribution is 1.94. The molecule has 1 aromatic rings. The summed E-state index contributed by atoms with van der Waals surface area (Å²) in [5.74, 6) is 0.107. The average molecular weight is 175 g/mol. The van der Waals surface area contributed by atoms with Gasteiger partial charge in [-0.1, -0.05) is 6.92 Å². The topological polar surface area (TPSA) is 64.8 Å². The molecule has 0 radical (unpaired) electrons. The van der Waals surface area contributed by atoms with Gasteiger partial charge in [0, 0.05) is 0 Å². The highest BCUT2D eigenvalue weighted by atomic mass is 32.2. The molecule has 0 saturated heterocycles. The van der Waals surface area contributed by atoms with Crippen molar-refractivity contribution in [3.8, 4) is 0 Å². The van der Waals surface area contributed by atoms with Crippen molar-refractivity contribution < 1.29 is 8.42 Å². The predicted molar refractivity (Wildman–Crippen MR) is 39.5 cm³/mol. The standard InChI is InChI=1S/C5H9N3O2S/c1-2-3-11(9,10)8-5-6-4-7-8/h4-5H,2-3H2,1H3. The van der Waals surface area contributed by atoms with E-state index in [1.54, 1.807) is 6.92 Å². The van der Waals surface area contributed by atoms with Gasteiger partial charge in [-0.15, -0.1) is 9.19 Å². The Morgan fingerprint density at radius 1 is 1.55 bits per heavy atom. The Morgan fingerprint density at radius 3 is 2.73 bits per heavy atom. The van der Waals surface area contributed by atoms with Crippen molar-refractivity contribution in [2.45, 2.75) is 13.3 Å². The first-order valence-corrected chi connectivity index (χ1v) is 4.85. The number of hydrogen-bond acceptors (Lipinski definition) is 4. The molecule has 1 rings (SSSR count). The highest BCUT2D eigenvalue weighted by molar-refractivity contribution is 7.89. The maximum atomic E-state index is 11.2. The summed E-state index contributed by atoms with van der Waals surface area (Å²) in [6.45, 7) is 1.80. The number of nitrogens with zero attached hydrogens (tertiary/aromatic N) is 3. The summed E-state index contributed by atoms with van der Waals surface area (Å²) in [5.41, 5.74) is 0. The lowest BCUT2D eigenvalue weighted by atomic mass is 10.6. The lowest BCUT2D eigenvalue weighted by Crippen LogP contribution is -2.16. The van der Waals surface area contributed by atoms with Crippen LogP contribution in [0.4, 0.5) is 0 Å². The van der Waals surface area contributed by atoms with Gasteiger partial charge in [0.25, 0.3) is 10.0 Å². The van der Waals surface area contributed by atoms with Gasteiger partial charge >= 0.3 is 0 Å². The van der Waals surface area contributed by atoms with Crippen molar-refractivity contribution in [1.29, 1.82) is 0 Å². The molecule has 0 fully saturated rings. The Bertz CT molecular complexity index is 302. The van der Waals surface area contributed by atoms with E-state index in [0.717, 1.165) is 4.09 Å². The van der Waals surface area contributed by atoms with E-state index in [4.69, 9.17) is 0 Å².